The van der Waals surface area contributed by atoms with Crippen LogP contribution in [0.1, 0.15) is 59.8 Å². The number of nitrogens with one attached hydrogen (secondary N) is 1. The van der Waals surface area contributed by atoms with Crippen LogP contribution in [0.2, 0.25) is 0 Å². The van der Waals surface area contributed by atoms with Crippen molar-refractivity contribution in [3.05, 3.63) is 0 Å². The highest BCUT2D eigenvalue weighted by molar-refractivity contribution is 4.91. The van der Waals surface area contributed by atoms with Crippen LogP contribution in [0.15, 0.2) is 0 Å². The van der Waals surface area contributed by atoms with Gasteiger partial charge in [0, 0.05) is 25.7 Å². The molecule has 1 heterocycles. The Hall–Kier alpha value is -0.120. The Balaban J connectivity index is 1.95. The van der Waals surface area contributed by atoms with E-state index in [9.17, 15) is 5.11 Å². The van der Waals surface area contributed by atoms with Crippen molar-refractivity contribution in [3.8, 4) is 0 Å². The third-order valence-electron chi connectivity index (χ3n) is 5.60. The summed E-state index contributed by atoms with van der Waals surface area (Å²) in [4.78, 5) is 2.49. The quantitative estimate of drug-likeness (QED) is 0.819. The van der Waals surface area contributed by atoms with Gasteiger partial charge in [-0.25, -0.2) is 0 Å². The molecule has 3 nitrogen and oxygen atoms in total. The monoisotopic (exact) mass is 296 g/mol. The molecule has 4 unspecified atom stereocenters. The minimum absolute atomic E-state index is 0.0888. The maximum atomic E-state index is 9.76. The second-order valence-corrected chi connectivity index (χ2v) is 8.40. The van der Waals surface area contributed by atoms with Gasteiger partial charge in [-0.15, -0.1) is 0 Å². The van der Waals surface area contributed by atoms with E-state index in [4.69, 9.17) is 0 Å². The fourth-order valence-corrected chi connectivity index (χ4v) is 4.16. The molecule has 0 aromatic carbocycles. The van der Waals surface area contributed by atoms with Gasteiger partial charge in [-0.3, -0.25) is 0 Å². The summed E-state index contributed by atoms with van der Waals surface area (Å²) in [7, 11) is 0. The molecule has 124 valence electrons. The Labute approximate surface area is 131 Å². The minimum Gasteiger partial charge on any atom is -0.392 e. The summed E-state index contributed by atoms with van der Waals surface area (Å²) in [6.45, 7) is 13.7. The molecule has 4 atom stereocenters. The van der Waals surface area contributed by atoms with Crippen molar-refractivity contribution in [3.63, 3.8) is 0 Å². The number of β-amino-alcohol motifs (C(OH)–C–C–N with tert-alkyl or cyclic N) is 1. The second-order valence-electron chi connectivity index (χ2n) is 8.40. The number of rotatable bonds is 5. The highest BCUT2D eigenvalue weighted by Crippen LogP contribution is 2.40. The molecule has 1 saturated heterocycles. The summed E-state index contributed by atoms with van der Waals surface area (Å²) < 4.78 is 0. The Morgan fingerprint density at radius 2 is 1.95 bits per heavy atom. The second kappa shape index (κ2) is 7.43. The molecule has 1 aliphatic carbocycles. The number of hydrogen-bond acceptors (Lipinski definition) is 3. The topological polar surface area (TPSA) is 35.5 Å². The lowest BCUT2D eigenvalue weighted by Gasteiger charge is -2.43. The maximum absolute atomic E-state index is 9.76. The van der Waals surface area contributed by atoms with E-state index in [2.05, 4.69) is 37.9 Å². The van der Waals surface area contributed by atoms with E-state index in [1.54, 1.807) is 0 Å². The van der Waals surface area contributed by atoms with Crippen molar-refractivity contribution in [1.82, 2.24) is 10.2 Å². The molecule has 0 radical (unpaired) electrons. The Bertz CT molecular complexity index is 313. The SMILES string of the molecule is CCCNC1CCC(C(C)(C)C)CC1CN1CCC(O)C1. The number of aliphatic hydroxyl groups excluding tert-OH is 1. The third-order valence-corrected chi connectivity index (χ3v) is 5.60. The molecule has 0 aromatic rings. The van der Waals surface area contributed by atoms with Gasteiger partial charge in [-0.05, 0) is 55.9 Å². The molecule has 2 aliphatic rings. The van der Waals surface area contributed by atoms with Gasteiger partial charge in [0.2, 0.25) is 0 Å². The normalized spacial score (nSPS) is 35.3. The molecular weight excluding hydrogens is 260 g/mol. The van der Waals surface area contributed by atoms with E-state index in [1.807, 2.05) is 0 Å². The summed E-state index contributed by atoms with van der Waals surface area (Å²) >= 11 is 0. The van der Waals surface area contributed by atoms with Crippen molar-refractivity contribution in [1.29, 1.82) is 0 Å². The van der Waals surface area contributed by atoms with Gasteiger partial charge in [0.25, 0.3) is 0 Å². The minimum atomic E-state index is -0.0888. The number of likely N-dealkylation sites (tertiary alicyclic amines) is 1. The molecule has 2 rings (SSSR count). The summed E-state index contributed by atoms with van der Waals surface area (Å²) in [5.74, 6) is 1.59. The lowest BCUT2D eigenvalue weighted by atomic mass is 9.67. The largest absolute Gasteiger partial charge is 0.392 e. The molecule has 1 aliphatic heterocycles. The molecule has 0 amide bonds. The van der Waals surface area contributed by atoms with Crippen LogP contribution in [0.25, 0.3) is 0 Å². The van der Waals surface area contributed by atoms with Crippen molar-refractivity contribution < 1.29 is 5.11 Å². The molecular formula is C18H36N2O. The molecule has 2 fully saturated rings. The fourth-order valence-electron chi connectivity index (χ4n) is 4.16. The predicted octanol–water partition coefficient (Wildman–Crippen LogP) is 2.88. The lowest BCUT2D eigenvalue weighted by Crippen LogP contribution is -2.47. The van der Waals surface area contributed by atoms with Crippen LogP contribution < -0.4 is 5.32 Å². The van der Waals surface area contributed by atoms with Crippen LogP contribution in [0.4, 0.5) is 0 Å². The highest BCUT2D eigenvalue weighted by Gasteiger charge is 2.37. The van der Waals surface area contributed by atoms with Crippen LogP contribution in [-0.4, -0.2) is 48.3 Å². The first-order chi connectivity index (χ1) is 9.90. The van der Waals surface area contributed by atoms with Gasteiger partial charge in [-0.1, -0.05) is 27.7 Å². The first kappa shape index (κ1) is 17.2. The van der Waals surface area contributed by atoms with E-state index >= 15 is 0 Å². The average molecular weight is 296 g/mol. The number of nitrogens with zero attached hydrogens (tertiary/aromatic N) is 1. The Morgan fingerprint density at radius 1 is 1.19 bits per heavy atom. The smallest absolute Gasteiger partial charge is 0.0679 e. The molecule has 1 saturated carbocycles. The zero-order valence-electron chi connectivity index (χ0n) is 14.6. The van der Waals surface area contributed by atoms with Crippen molar-refractivity contribution >= 4 is 0 Å². The van der Waals surface area contributed by atoms with Crippen molar-refractivity contribution in [2.75, 3.05) is 26.2 Å². The molecule has 0 aromatic heterocycles. The van der Waals surface area contributed by atoms with E-state index in [1.165, 1.54) is 32.2 Å². The van der Waals surface area contributed by atoms with Gasteiger partial charge in [0.15, 0.2) is 0 Å². The third kappa shape index (κ3) is 4.94. The lowest BCUT2D eigenvalue weighted by molar-refractivity contribution is 0.0883. The van der Waals surface area contributed by atoms with Gasteiger partial charge >= 0.3 is 0 Å². The zero-order chi connectivity index (χ0) is 15.5. The standard InChI is InChI=1S/C18H36N2O/c1-5-9-19-17-7-6-15(18(2,3)4)11-14(17)12-20-10-8-16(21)13-20/h14-17,19,21H,5-13H2,1-4H3. The molecule has 0 spiro atoms. The average Bonchev–Trinajstić information content (AvgIpc) is 2.81. The Kier molecular flexibility index (Phi) is 6.10. The van der Waals surface area contributed by atoms with Crippen LogP contribution in [0.5, 0.6) is 0 Å². The predicted molar refractivity (Wildman–Crippen MR) is 89.4 cm³/mol. The Morgan fingerprint density at radius 3 is 2.52 bits per heavy atom. The fraction of sp³-hybridized carbons (Fsp3) is 1.00. The summed E-state index contributed by atoms with van der Waals surface area (Å²) in [6, 6.07) is 0.682. The zero-order valence-corrected chi connectivity index (χ0v) is 14.6. The van der Waals surface area contributed by atoms with E-state index in [-0.39, 0.29) is 6.10 Å². The number of aliphatic hydroxyl groups is 1. The molecule has 21 heavy (non-hydrogen) atoms. The van der Waals surface area contributed by atoms with E-state index in [0.717, 1.165) is 37.9 Å². The summed E-state index contributed by atoms with van der Waals surface area (Å²) in [5, 5.41) is 13.5. The van der Waals surface area contributed by atoms with Crippen LogP contribution in [0.3, 0.4) is 0 Å². The molecule has 2 N–H and O–H groups in total. The van der Waals surface area contributed by atoms with Crippen molar-refractivity contribution in [2.24, 2.45) is 17.3 Å². The summed E-state index contributed by atoms with van der Waals surface area (Å²) in [5.41, 5.74) is 0.429. The first-order valence-electron chi connectivity index (χ1n) is 9.04. The van der Waals surface area contributed by atoms with E-state index < -0.39 is 0 Å². The first-order valence-corrected chi connectivity index (χ1v) is 9.04. The van der Waals surface area contributed by atoms with Gasteiger partial charge in [0.05, 0.1) is 6.10 Å². The number of hydrogen-bond donors (Lipinski definition) is 2. The maximum Gasteiger partial charge on any atom is 0.0679 e. The van der Waals surface area contributed by atoms with Gasteiger partial charge in [-0.2, -0.15) is 0 Å². The van der Waals surface area contributed by atoms with E-state index in [0.29, 0.717) is 11.5 Å². The van der Waals surface area contributed by atoms with Crippen LogP contribution in [0, 0.1) is 17.3 Å². The molecule has 3 heteroatoms. The van der Waals surface area contributed by atoms with Crippen LogP contribution in [-0.2, 0) is 0 Å². The highest BCUT2D eigenvalue weighted by atomic mass is 16.3. The summed E-state index contributed by atoms with van der Waals surface area (Å²) in [6.07, 6.45) is 6.12. The van der Waals surface area contributed by atoms with Crippen LogP contribution >= 0.6 is 0 Å². The van der Waals surface area contributed by atoms with Gasteiger partial charge < -0.3 is 15.3 Å². The van der Waals surface area contributed by atoms with Gasteiger partial charge in [0.1, 0.15) is 0 Å². The van der Waals surface area contributed by atoms with Crippen molar-refractivity contribution in [2.45, 2.75) is 71.9 Å². The molecule has 0 bridgehead atoms.